The molecule has 1 aromatic carbocycles. The molecule has 0 spiro atoms. The van der Waals surface area contributed by atoms with Crippen LogP contribution in [0, 0.1) is 0 Å². The van der Waals surface area contributed by atoms with Crippen molar-refractivity contribution in [1.29, 1.82) is 0 Å². The van der Waals surface area contributed by atoms with Crippen molar-refractivity contribution in [2.45, 2.75) is 63.5 Å². The molecule has 0 saturated heterocycles. The van der Waals surface area contributed by atoms with E-state index in [1.165, 1.54) is 24.8 Å². The molecular formula is C17H27NOS. The Labute approximate surface area is 127 Å². The fraction of sp³-hybridized carbons (Fsp3) is 0.647. The molecule has 1 N–H and O–H groups in total. The largest absolute Gasteiger partial charge is 0.491 e. The molecule has 112 valence electrons. The summed E-state index contributed by atoms with van der Waals surface area (Å²) in [6, 6.07) is 9.59. The minimum Gasteiger partial charge on any atom is -0.491 e. The quantitative estimate of drug-likeness (QED) is 0.839. The number of hydrogen-bond acceptors (Lipinski definition) is 3. The number of rotatable bonds is 6. The van der Waals surface area contributed by atoms with Gasteiger partial charge in [-0.1, -0.05) is 12.1 Å². The van der Waals surface area contributed by atoms with Gasteiger partial charge in [0.1, 0.15) is 5.75 Å². The highest BCUT2D eigenvalue weighted by atomic mass is 32.2. The van der Waals surface area contributed by atoms with Crippen molar-refractivity contribution in [1.82, 2.24) is 5.32 Å². The molecule has 0 heterocycles. The summed E-state index contributed by atoms with van der Waals surface area (Å²) in [6.07, 6.45) is 6.43. The number of thioether (sulfide) groups is 1. The molecule has 1 aliphatic carbocycles. The Morgan fingerprint density at radius 3 is 2.40 bits per heavy atom. The third-order valence-corrected chi connectivity index (χ3v) is 5.05. The van der Waals surface area contributed by atoms with Gasteiger partial charge in [-0.2, -0.15) is 11.8 Å². The van der Waals surface area contributed by atoms with Crippen LogP contribution in [0.5, 0.6) is 5.75 Å². The summed E-state index contributed by atoms with van der Waals surface area (Å²) in [5.74, 6) is 0.958. The molecule has 1 aliphatic rings. The average Bonchev–Trinajstić information content (AvgIpc) is 2.86. The van der Waals surface area contributed by atoms with Crippen LogP contribution in [0.4, 0.5) is 0 Å². The van der Waals surface area contributed by atoms with Crippen LogP contribution in [-0.2, 0) is 0 Å². The van der Waals surface area contributed by atoms with Crippen LogP contribution >= 0.6 is 11.8 Å². The highest BCUT2D eigenvalue weighted by Gasteiger charge is 2.24. The highest BCUT2D eigenvalue weighted by Crippen LogP contribution is 2.30. The fourth-order valence-corrected chi connectivity index (χ4v) is 3.66. The van der Waals surface area contributed by atoms with E-state index in [2.05, 4.69) is 56.6 Å². The second-order valence-corrected chi connectivity index (χ2v) is 7.13. The third kappa shape index (κ3) is 4.42. The lowest BCUT2D eigenvalue weighted by molar-refractivity contribution is 0.242. The lowest BCUT2D eigenvalue weighted by atomic mass is 10.1. The topological polar surface area (TPSA) is 21.3 Å². The predicted molar refractivity (Wildman–Crippen MR) is 88.7 cm³/mol. The van der Waals surface area contributed by atoms with Crippen LogP contribution in [0.2, 0.25) is 0 Å². The zero-order chi connectivity index (χ0) is 14.5. The summed E-state index contributed by atoms with van der Waals surface area (Å²) in [4.78, 5) is 0. The van der Waals surface area contributed by atoms with E-state index >= 15 is 0 Å². The minimum absolute atomic E-state index is 0.235. The molecule has 0 aliphatic heterocycles. The molecule has 1 fully saturated rings. The first-order chi connectivity index (χ1) is 9.58. The predicted octanol–water partition coefficient (Wildman–Crippen LogP) is 4.41. The molecule has 0 aromatic heterocycles. The molecule has 0 bridgehead atoms. The first-order valence-corrected chi connectivity index (χ1v) is 8.92. The van der Waals surface area contributed by atoms with Crippen molar-refractivity contribution < 1.29 is 4.74 Å². The van der Waals surface area contributed by atoms with Crippen LogP contribution in [0.15, 0.2) is 24.3 Å². The molecule has 3 unspecified atom stereocenters. The van der Waals surface area contributed by atoms with Crippen molar-refractivity contribution in [3.63, 3.8) is 0 Å². The van der Waals surface area contributed by atoms with E-state index in [4.69, 9.17) is 4.74 Å². The van der Waals surface area contributed by atoms with Gasteiger partial charge in [0.25, 0.3) is 0 Å². The molecule has 2 nitrogen and oxygen atoms in total. The molecule has 3 atom stereocenters. The van der Waals surface area contributed by atoms with Gasteiger partial charge in [0.05, 0.1) is 6.10 Å². The van der Waals surface area contributed by atoms with Crippen molar-refractivity contribution in [3.05, 3.63) is 29.8 Å². The summed E-state index contributed by atoms with van der Waals surface area (Å²) in [5.41, 5.74) is 1.34. The van der Waals surface area contributed by atoms with Gasteiger partial charge in [-0.05, 0) is 64.0 Å². The van der Waals surface area contributed by atoms with Crippen LogP contribution in [0.1, 0.15) is 51.6 Å². The lowest BCUT2D eigenvalue weighted by Gasteiger charge is -2.20. The second-order valence-electron chi connectivity index (χ2n) is 5.99. The molecule has 0 radical (unpaired) electrons. The Hall–Kier alpha value is -0.670. The molecular weight excluding hydrogens is 266 g/mol. The Morgan fingerprint density at radius 2 is 1.85 bits per heavy atom. The average molecular weight is 293 g/mol. The van der Waals surface area contributed by atoms with Crippen LogP contribution in [0.25, 0.3) is 0 Å². The van der Waals surface area contributed by atoms with Gasteiger partial charge in [-0.15, -0.1) is 0 Å². The molecule has 0 amide bonds. The summed E-state index contributed by atoms with van der Waals surface area (Å²) in [7, 11) is 0. The van der Waals surface area contributed by atoms with Gasteiger partial charge in [-0.25, -0.2) is 0 Å². The molecule has 2 rings (SSSR count). The zero-order valence-corrected chi connectivity index (χ0v) is 13.9. The van der Waals surface area contributed by atoms with E-state index < -0.39 is 0 Å². The Morgan fingerprint density at radius 1 is 1.15 bits per heavy atom. The highest BCUT2D eigenvalue weighted by molar-refractivity contribution is 7.99. The van der Waals surface area contributed by atoms with Crippen molar-refractivity contribution in [2.24, 2.45) is 0 Å². The van der Waals surface area contributed by atoms with Gasteiger partial charge in [-0.3, -0.25) is 0 Å². The number of hydrogen-bond donors (Lipinski definition) is 1. The monoisotopic (exact) mass is 293 g/mol. The van der Waals surface area contributed by atoms with E-state index in [0.29, 0.717) is 12.1 Å². The molecule has 20 heavy (non-hydrogen) atoms. The molecule has 1 saturated carbocycles. The minimum atomic E-state index is 0.235. The summed E-state index contributed by atoms with van der Waals surface area (Å²) >= 11 is 2.01. The van der Waals surface area contributed by atoms with Gasteiger partial charge >= 0.3 is 0 Å². The maximum Gasteiger partial charge on any atom is 0.119 e. The van der Waals surface area contributed by atoms with Gasteiger partial charge in [0, 0.05) is 17.3 Å². The van der Waals surface area contributed by atoms with E-state index in [9.17, 15) is 0 Å². The third-order valence-electron chi connectivity index (χ3n) is 3.96. The number of nitrogens with one attached hydrogen (secondary N) is 1. The molecule has 3 heteroatoms. The smallest absolute Gasteiger partial charge is 0.119 e. The summed E-state index contributed by atoms with van der Waals surface area (Å²) in [6.45, 7) is 6.37. The number of ether oxygens (including phenoxy) is 1. The first-order valence-electron chi connectivity index (χ1n) is 7.64. The zero-order valence-electron chi connectivity index (χ0n) is 13.1. The Bertz CT molecular complexity index is 404. The molecule has 1 aromatic rings. The van der Waals surface area contributed by atoms with E-state index in [1.54, 1.807) is 0 Å². The Balaban J connectivity index is 1.87. The first kappa shape index (κ1) is 15.7. The van der Waals surface area contributed by atoms with Crippen molar-refractivity contribution >= 4 is 11.8 Å². The lowest BCUT2D eigenvalue weighted by Crippen LogP contribution is -2.29. The van der Waals surface area contributed by atoms with E-state index in [1.807, 2.05) is 11.8 Å². The standard InChI is InChI=1S/C17H27NOS/c1-12(2)19-16-8-5-14(6-9-16)13(3)18-15-7-10-17(11-15)20-4/h5-6,8-9,12-13,15,17-18H,7,10-11H2,1-4H3. The van der Waals surface area contributed by atoms with Gasteiger partial charge in [0.2, 0.25) is 0 Å². The second kappa shape index (κ2) is 7.37. The number of benzene rings is 1. The summed E-state index contributed by atoms with van der Waals surface area (Å²) in [5, 5.41) is 4.61. The van der Waals surface area contributed by atoms with Gasteiger partial charge in [0.15, 0.2) is 0 Å². The maximum atomic E-state index is 5.69. The van der Waals surface area contributed by atoms with Crippen LogP contribution in [0.3, 0.4) is 0 Å². The summed E-state index contributed by atoms with van der Waals surface area (Å²) < 4.78 is 5.69. The van der Waals surface area contributed by atoms with E-state index in [0.717, 1.165) is 11.0 Å². The van der Waals surface area contributed by atoms with Gasteiger partial charge < -0.3 is 10.1 Å². The SMILES string of the molecule is CSC1CCC(NC(C)c2ccc(OC(C)C)cc2)C1. The maximum absolute atomic E-state index is 5.69. The fourth-order valence-electron chi connectivity index (χ4n) is 2.86. The normalized spacial score (nSPS) is 24.1. The van der Waals surface area contributed by atoms with Crippen molar-refractivity contribution in [3.8, 4) is 5.75 Å². The van der Waals surface area contributed by atoms with Crippen molar-refractivity contribution in [2.75, 3.05) is 6.26 Å². The Kier molecular flexibility index (Phi) is 5.79. The van der Waals surface area contributed by atoms with E-state index in [-0.39, 0.29) is 6.10 Å². The van der Waals surface area contributed by atoms with Crippen LogP contribution < -0.4 is 10.1 Å². The van der Waals surface area contributed by atoms with Crippen LogP contribution in [-0.4, -0.2) is 23.7 Å².